The van der Waals surface area contributed by atoms with Crippen LogP contribution in [-0.2, 0) is 19.9 Å². The third-order valence-corrected chi connectivity index (χ3v) is 4.07. The van der Waals surface area contributed by atoms with Crippen molar-refractivity contribution < 1.29 is 9.90 Å². The van der Waals surface area contributed by atoms with Crippen molar-refractivity contribution in [3.63, 3.8) is 0 Å². The largest absolute Gasteiger partial charge is 0.390 e. The molecule has 24 heavy (non-hydrogen) atoms. The zero-order valence-electron chi connectivity index (χ0n) is 15.0. The fourth-order valence-electron chi connectivity index (χ4n) is 2.48. The first kappa shape index (κ1) is 18.2. The van der Waals surface area contributed by atoms with Crippen LogP contribution in [0, 0.1) is 0 Å². The van der Waals surface area contributed by atoms with Crippen molar-refractivity contribution in [2.75, 3.05) is 13.6 Å². The van der Waals surface area contributed by atoms with Crippen molar-refractivity contribution in [3.05, 3.63) is 53.3 Å². The predicted octanol–water partition coefficient (Wildman–Crippen LogP) is 2.44. The summed E-state index contributed by atoms with van der Waals surface area (Å²) < 4.78 is 1.77. The van der Waals surface area contributed by atoms with E-state index >= 15 is 0 Å². The maximum Gasteiger partial charge on any atom is 0.253 e. The molecule has 2 rings (SSSR count). The van der Waals surface area contributed by atoms with Crippen LogP contribution in [0.2, 0.25) is 0 Å². The quantitative estimate of drug-likeness (QED) is 0.849. The molecule has 0 spiro atoms. The number of carbonyl (C=O) groups is 1. The van der Waals surface area contributed by atoms with Gasteiger partial charge < -0.3 is 10.0 Å². The number of carbonyl (C=O) groups excluding carboxylic acids is 1. The number of aliphatic hydroxyl groups is 1. The lowest BCUT2D eigenvalue weighted by Crippen LogP contribution is -2.28. The SMILES string of the molecule is CN(CCc1cnn(C)c1)C(=O)c1ccc(CCC(C)(C)O)cc1. The molecule has 0 unspecified atom stereocenters. The van der Waals surface area contributed by atoms with Gasteiger partial charge >= 0.3 is 0 Å². The summed E-state index contributed by atoms with van der Waals surface area (Å²) in [6.45, 7) is 4.27. The van der Waals surface area contributed by atoms with Crippen molar-refractivity contribution in [2.24, 2.45) is 7.05 Å². The highest BCUT2D eigenvalue weighted by Gasteiger charge is 2.14. The van der Waals surface area contributed by atoms with Crippen LogP contribution in [0.5, 0.6) is 0 Å². The standard InChI is InChI=1S/C19H27N3O2/c1-19(2,24)11-9-15-5-7-17(8-6-15)18(23)21(3)12-10-16-13-20-22(4)14-16/h5-8,13-14,24H,9-12H2,1-4H3. The maximum atomic E-state index is 12.5. The Morgan fingerprint density at radius 3 is 2.42 bits per heavy atom. The van der Waals surface area contributed by atoms with Gasteiger partial charge in [0.05, 0.1) is 11.8 Å². The molecule has 130 valence electrons. The van der Waals surface area contributed by atoms with E-state index in [0.29, 0.717) is 18.5 Å². The lowest BCUT2D eigenvalue weighted by atomic mass is 9.98. The summed E-state index contributed by atoms with van der Waals surface area (Å²) in [5.41, 5.74) is 2.28. The number of hydrogen-bond donors (Lipinski definition) is 1. The minimum absolute atomic E-state index is 0.0212. The van der Waals surface area contributed by atoms with E-state index in [0.717, 1.165) is 24.0 Å². The third-order valence-electron chi connectivity index (χ3n) is 4.07. The fourth-order valence-corrected chi connectivity index (χ4v) is 2.48. The Balaban J connectivity index is 1.89. The van der Waals surface area contributed by atoms with Gasteiger partial charge in [-0.3, -0.25) is 9.48 Å². The lowest BCUT2D eigenvalue weighted by molar-refractivity contribution is 0.0713. The Bertz CT molecular complexity index is 669. The Morgan fingerprint density at radius 2 is 1.88 bits per heavy atom. The van der Waals surface area contributed by atoms with E-state index in [1.54, 1.807) is 9.58 Å². The summed E-state index contributed by atoms with van der Waals surface area (Å²) in [6.07, 6.45) is 6.09. The highest BCUT2D eigenvalue weighted by Crippen LogP contribution is 2.14. The molecule has 0 fully saturated rings. The summed E-state index contributed by atoms with van der Waals surface area (Å²) >= 11 is 0. The molecule has 0 aliphatic rings. The molecule has 0 aliphatic carbocycles. The molecular formula is C19H27N3O2. The summed E-state index contributed by atoms with van der Waals surface area (Å²) in [7, 11) is 3.71. The van der Waals surface area contributed by atoms with Crippen molar-refractivity contribution in [2.45, 2.75) is 38.7 Å². The van der Waals surface area contributed by atoms with E-state index in [1.807, 2.05) is 64.6 Å². The predicted molar refractivity (Wildman–Crippen MR) is 94.9 cm³/mol. The van der Waals surface area contributed by atoms with E-state index in [-0.39, 0.29) is 5.91 Å². The Labute approximate surface area is 143 Å². The zero-order valence-corrected chi connectivity index (χ0v) is 15.0. The van der Waals surface area contributed by atoms with Gasteiger partial charge in [0.2, 0.25) is 0 Å². The van der Waals surface area contributed by atoms with Crippen LogP contribution in [0.3, 0.4) is 0 Å². The molecular weight excluding hydrogens is 302 g/mol. The summed E-state index contributed by atoms with van der Waals surface area (Å²) in [5, 5.41) is 13.9. The minimum atomic E-state index is -0.666. The lowest BCUT2D eigenvalue weighted by Gasteiger charge is -2.18. The number of aryl methyl sites for hydroxylation is 2. The van der Waals surface area contributed by atoms with Crippen molar-refractivity contribution in [1.29, 1.82) is 0 Å². The van der Waals surface area contributed by atoms with Crippen LogP contribution in [0.1, 0.15) is 41.8 Å². The molecule has 0 saturated heterocycles. The van der Waals surface area contributed by atoms with Crippen LogP contribution in [0.15, 0.2) is 36.7 Å². The van der Waals surface area contributed by atoms with Crippen LogP contribution < -0.4 is 0 Å². The topological polar surface area (TPSA) is 58.4 Å². The van der Waals surface area contributed by atoms with Crippen LogP contribution in [0.4, 0.5) is 0 Å². The summed E-state index contributed by atoms with van der Waals surface area (Å²) in [6, 6.07) is 7.66. The number of likely N-dealkylation sites (N-methyl/N-ethyl adjacent to an activating group) is 1. The van der Waals surface area contributed by atoms with Gasteiger partial charge in [-0.25, -0.2) is 0 Å². The van der Waals surface area contributed by atoms with Crippen LogP contribution in [0.25, 0.3) is 0 Å². The van der Waals surface area contributed by atoms with E-state index in [9.17, 15) is 9.90 Å². The first-order valence-corrected chi connectivity index (χ1v) is 8.29. The molecule has 2 aromatic rings. The molecule has 0 atom stereocenters. The van der Waals surface area contributed by atoms with E-state index in [1.165, 1.54) is 0 Å². The number of hydrogen-bond acceptors (Lipinski definition) is 3. The highest BCUT2D eigenvalue weighted by molar-refractivity contribution is 5.94. The molecule has 5 heteroatoms. The molecule has 0 radical (unpaired) electrons. The monoisotopic (exact) mass is 329 g/mol. The van der Waals surface area contributed by atoms with Gasteiger partial charge in [0.15, 0.2) is 0 Å². The van der Waals surface area contributed by atoms with Crippen molar-refractivity contribution in [1.82, 2.24) is 14.7 Å². The number of amides is 1. The number of aromatic nitrogens is 2. The first-order valence-electron chi connectivity index (χ1n) is 8.29. The van der Waals surface area contributed by atoms with Gasteiger partial charge in [-0.05, 0) is 56.4 Å². The normalized spacial score (nSPS) is 11.5. The fraction of sp³-hybridized carbons (Fsp3) is 0.474. The summed E-state index contributed by atoms with van der Waals surface area (Å²) in [5.74, 6) is 0.0212. The summed E-state index contributed by atoms with van der Waals surface area (Å²) in [4.78, 5) is 14.2. The molecule has 0 aliphatic heterocycles. The average molecular weight is 329 g/mol. The third kappa shape index (κ3) is 5.49. The molecule has 1 amide bonds. The zero-order chi connectivity index (χ0) is 17.7. The second-order valence-electron chi connectivity index (χ2n) is 7.01. The Kier molecular flexibility index (Phi) is 5.78. The second-order valence-corrected chi connectivity index (χ2v) is 7.01. The minimum Gasteiger partial charge on any atom is -0.390 e. The first-order chi connectivity index (χ1) is 11.2. The van der Waals surface area contributed by atoms with E-state index in [4.69, 9.17) is 0 Å². The second kappa shape index (κ2) is 7.62. The van der Waals surface area contributed by atoms with Gasteiger partial charge in [-0.2, -0.15) is 5.10 Å². The smallest absolute Gasteiger partial charge is 0.253 e. The number of rotatable bonds is 7. The van der Waals surface area contributed by atoms with E-state index < -0.39 is 5.60 Å². The molecule has 0 bridgehead atoms. The number of benzene rings is 1. The average Bonchev–Trinajstić information content (AvgIpc) is 2.95. The maximum absolute atomic E-state index is 12.5. The van der Waals surface area contributed by atoms with Gasteiger partial charge in [-0.15, -0.1) is 0 Å². The molecule has 1 aromatic heterocycles. The van der Waals surface area contributed by atoms with Gasteiger partial charge in [0.25, 0.3) is 5.91 Å². The molecule has 0 saturated carbocycles. The van der Waals surface area contributed by atoms with Crippen LogP contribution >= 0.6 is 0 Å². The van der Waals surface area contributed by atoms with E-state index in [2.05, 4.69) is 5.10 Å². The van der Waals surface area contributed by atoms with Crippen molar-refractivity contribution >= 4 is 5.91 Å². The van der Waals surface area contributed by atoms with Crippen LogP contribution in [-0.4, -0.2) is 44.9 Å². The van der Waals surface area contributed by atoms with Gasteiger partial charge in [0, 0.05) is 32.4 Å². The molecule has 1 heterocycles. The molecule has 5 nitrogen and oxygen atoms in total. The highest BCUT2D eigenvalue weighted by atomic mass is 16.3. The Hall–Kier alpha value is -2.14. The molecule has 1 aromatic carbocycles. The van der Waals surface area contributed by atoms with Gasteiger partial charge in [0.1, 0.15) is 0 Å². The number of nitrogens with zero attached hydrogens (tertiary/aromatic N) is 3. The van der Waals surface area contributed by atoms with Crippen molar-refractivity contribution in [3.8, 4) is 0 Å². The Morgan fingerprint density at radius 1 is 1.21 bits per heavy atom. The molecule has 1 N–H and O–H groups in total. The van der Waals surface area contributed by atoms with Gasteiger partial charge in [-0.1, -0.05) is 12.1 Å².